The summed E-state index contributed by atoms with van der Waals surface area (Å²) in [7, 11) is 0. The number of benzene rings is 1. The van der Waals surface area contributed by atoms with Gasteiger partial charge in [0.05, 0.1) is 6.54 Å². The van der Waals surface area contributed by atoms with Crippen LogP contribution in [0.5, 0.6) is 5.75 Å². The first-order chi connectivity index (χ1) is 12.3. The van der Waals surface area contributed by atoms with Crippen LogP contribution in [0.1, 0.15) is 24.3 Å². The maximum atomic E-state index is 13.0. The molecule has 6 heteroatoms. The second-order valence-electron chi connectivity index (χ2n) is 7.03. The lowest BCUT2D eigenvalue weighted by molar-refractivity contribution is 0.162. The van der Waals surface area contributed by atoms with E-state index >= 15 is 0 Å². The van der Waals surface area contributed by atoms with Crippen LogP contribution in [0.15, 0.2) is 35.8 Å². The maximum absolute atomic E-state index is 13.0. The first-order valence-electron chi connectivity index (χ1n) is 8.97. The Morgan fingerprint density at radius 2 is 2.08 bits per heavy atom. The highest BCUT2D eigenvalue weighted by atomic mass is 32.1. The van der Waals surface area contributed by atoms with Crippen molar-refractivity contribution >= 4 is 11.3 Å². The van der Waals surface area contributed by atoms with Gasteiger partial charge >= 0.3 is 0 Å². The van der Waals surface area contributed by atoms with Gasteiger partial charge in [0, 0.05) is 24.2 Å². The summed E-state index contributed by atoms with van der Waals surface area (Å²) in [5.74, 6) is 0.492. The third-order valence-electron chi connectivity index (χ3n) is 5.47. The average Bonchev–Trinajstić information content (AvgIpc) is 3.06. The number of nitrogens with one attached hydrogen (secondary N) is 1. The van der Waals surface area contributed by atoms with Gasteiger partial charge in [-0.15, -0.1) is 11.3 Å². The Balaban J connectivity index is 1.36. The number of hydrogen-bond donors (Lipinski definition) is 1. The second-order valence-corrected chi connectivity index (χ2v) is 8.01. The van der Waals surface area contributed by atoms with Crippen LogP contribution in [0.2, 0.25) is 0 Å². The number of hydrogen-bond acceptors (Lipinski definition) is 5. The molecule has 2 heterocycles. The number of nitrogens with zero attached hydrogens (tertiary/aromatic N) is 2. The van der Waals surface area contributed by atoms with Gasteiger partial charge in [0.1, 0.15) is 23.2 Å². The molecule has 0 bridgehead atoms. The fourth-order valence-corrected chi connectivity index (χ4v) is 4.61. The van der Waals surface area contributed by atoms with Gasteiger partial charge in [-0.25, -0.2) is 9.37 Å². The van der Waals surface area contributed by atoms with E-state index in [9.17, 15) is 4.39 Å². The Labute approximate surface area is 152 Å². The Hall–Kier alpha value is -1.50. The number of piperidine rings is 1. The number of aromatic nitrogens is 1. The summed E-state index contributed by atoms with van der Waals surface area (Å²) in [4.78, 5) is 6.99. The van der Waals surface area contributed by atoms with Gasteiger partial charge < -0.3 is 10.1 Å². The molecule has 25 heavy (non-hydrogen) atoms. The van der Waals surface area contributed by atoms with Crippen LogP contribution in [0.3, 0.4) is 0 Å². The largest absolute Gasteiger partial charge is 0.492 e. The van der Waals surface area contributed by atoms with Crippen LogP contribution < -0.4 is 10.1 Å². The molecule has 0 unspecified atom stereocenters. The van der Waals surface area contributed by atoms with Crippen molar-refractivity contribution in [1.29, 1.82) is 0 Å². The molecule has 1 saturated heterocycles. The normalized spacial score (nSPS) is 21.6. The highest BCUT2D eigenvalue weighted by Gasteiger charge is 2.56. The molecule has 1 saturated carbocycles. The van der Waals surface area contributed by atoms with E-state index in [0.29, 0.717) is 18.1 Å². The van der Waals surface area contributed by atoms with Crippen molar-refractivity contribution in [3.05, 3.63) is 46.7 Å². The molecule has 2 fully saturated rings. The number of ether oxygens (including phenoxy) is 1. The molecule has 1 aliphatic heterocycles. The molecule has 1 atom stereocenters. The molecule has 1 aliphatic carbocycles. The quantitative estimate of drug-likeness (QED) is 0.821. The lowest BCUT2D eigenvalue weighted by Crippen LogP contribution is -2.37. The van der Waals surface area contributed by atoms with Gasteiger partial charge in [-0.2, -0.15) is 0 Å². The summed E-state index contributed by atoms with van der Waals surface area (Å²) >= 11 is 1.72. The predicted molar refractivity (Wildman–Crippen MR) is 97.4 cm³/mol. The van der Waals surface area contributed by atoms with Crippen molar-refractivity contribution < 1.29 is 9.13 Å². The third-order valence-corrected chi connectivity index (χ3v) is 6.23. The van der Waals surface area contributed by atoms with Crippen molar-refractivity contribution in [2.75, 3.05) is 26.2 Å². The minimum Gasteiger partial charge on any atom is -0.492 e. The Morgan fingerprint density at radius 1 is 1.28 bits per heavy atom. The molecule has 0 radical (unpaired) electrons. The fourth-order valence-electron chi connectivity index (χ4n) is 3.97. The first kappa shape index (κ1) is 16.9. The zero-order valence-electron chi connectivity index (χ0n) is 14.3. The molecular weight excluding hydrogens is 337 g/mol. The maximum Gasteiger partial charge on any atom is 0.123 e. The SMILES string of the molecule is Fc1ccc(OCCN(Cc2nccs2)[C@@H]2CC23CCNCC3)cc1. The van der Waals surface area contributed by atoms with Gasteiger partial charge in [-0.3, -0.25) is 4.90 Å². The zero-order valence-corrected chi connectivity index (χ0v) is 15.1. The highest BCUT2D eigenvalue weighted by Crippen LogP contribution is 2.55. The standard InChI is InChI=1S/C19H24FN3OS/c20-15-1-3-16(4-2-15)24-11-10-23(14-18-22-9-12-25-18)17-13-19(17)5-7-21-8-6-19/h1-4,9,12,17,21H,5-8,10-11,13-14H2/t17-/m1/s1. The smallest absolute Gasteiger partial charge is 0.123 e. The Morgan fingerprint density at radius 3 is 2.80 bits per heavy atom. The van der Waals surface area contributed by atoms with E-state index in [1.54, 1.807) is 23.5 Å². The topological polar surface area (TPSA) is 37.4 Å². The van der Waals surface area contributed by atoms with E-state index in [0.717, 1.165) is 36.9 Å². The molecule has 0 amide bonds. The number of halogens is 1. The van der Waals surface area contributed by atoms with E-state index in [1.807, 2.05) is 11.6 Å². The summed E-state index contributed by atoms with van der Waals surface area (Å²) in [6, 6.07) is 6.88. The zero-order chi connectivity index (χ0) is 17.1. The molecule has 1 aromatic heterocycles. The van der Waals surface area contributed by atoms with Crippen LogP contribution in [0.4, 0.5) is 4.39 Å². The molecule has 2 aromatic rings. The monoisotopic (exact) mass is 361 g/mol. The molecule has 2 aliphatic rings. The van der Waals surface area contributed by atoms with E-state index in [4.69, 9.17) is 4.74 Å². The average molecular weight is 361 g/mol. The van der Waals surface area contributed by atoms with Gasteiger partial charge in [-0.05, 0) is 62.0 Å². The van der Waals surface area contributed by atoms with Gasteiger partial charge in [-0.1, -0.05) is 0 Å². The highest BCUT2D eigenvalue weighted by molar-refractivity contribution is 7.09. The predicted octanol–water partition coefficient (Wildman–Crippen LogP) is 3.31. The third kappa shape index (κ3) is 4.02. The molecule has 4 rings (SSSR count). The Kier molecular flexibility index (Phi) is 5.01. The van der Waals surface area contributed by atoms with E-state index in [1.165, 1.54) is 31.4 Å². The lowest BCUT2D eigenvalue weighted by atomic mass is 9.93. The van der Waals surface area contributed by atoms with Crippen LogP contribution in [0.25, 0.3) is 0 Å². The second kappa shape index (κ2) is 7.40. The van der Waals surface area contributed by atoms with E-state index in [2.05, 4.69) is 15.2 Å². The molecule has 4 nitrogen and oxygen atoms in total. The van der Waals surface area contributed by atoms with Gasteiger partial charge in [0.25, 0.3) is 0 Å². The molecular formula is C19H24FN3OS. The summed E-state index contributed by atoms with van der Waals surface area (Å²) < 4.78 is 18.8. The van der Waals surface area contributed by atoms with Crippen molar-refractivity contribution in [2.24, 2.45) is 5.41 Å². The van der Waals surface area contributed by atoms with E-state index < -0.39 is 0 Å². The van der Waals surface area contributed by atoms with E-state index in [-0.39, 0.29) is 5.82 Å². The summed E-state index contributed by atoms with van der Waals surface area (Å²) in [5, 5.41) is 6.67. The van der Waals surface area contributed by atoms with Crippen LogP contribution in [-0.4, -0.2) is 42.2 Å². The fraction of sp³-hybridized carbons (Fsp3) is 0.526. The summed E-state index contributed by atoms with van der Waals surface area (Å²) in [6.45, 7) is 4.64. The van der Waals surface area contributed by atoms with Crippen LogP contribution in [0, 0.1) is 11.2 Å². The molecule has 134 valence electrons. The van der Waals surface area contributed by atoms with Gasteiger partial charge in [0.15, 0.2) is 0 Å². The van der Waals surface area contributed by atoms with Crippen molar-refractivity contribution in [2.45, 2.75) is 31.8 Å². The lowest BCUT2D eigenvalue weighted by Gasteiger charge is -2.29. The van der Waals surface area contributed by atoms with Gasteiger partial charge in [0.2, 0.25) is 0 Å². The minimum atomic E-state index is -0.233. The van der Waals surface area contributed by atoms with Crippen molar-refractivity contribution in [3.8, 4) is 5.75 Å². The van der Waals surface area contributed by atoms with Crippen molar-refractivity contribution in [1.82, 2.24) is 15.2 Å². The summed E-state index contributed by atoms with van der Waals surface area (Å²) in [6.07, 6.45) is 5.70. The minimum absolute atomic E-state index is 0.233. The Bertz CT molecular complexity index is 670. The number of thiazole rings is 1. The number of rotatable bonds is 7. The van der Waals surface area contributed by atoms with Crippen LogP contribution >= 0.6 is 11.3 Å². The molecule has 1 spiro atoms. The molecule has 1 aromatic carbocycles. The molecule has 1 N–H and O–H groups in total. The summed E-state index contributed by atoms with van der Waals surface area (Å²) in [5.41, 5.74) is 0.498. The van der Waals surface area contributed by atoms with Crippen molar-refractivity contribution in [3.63, 3.8) is 0 Å². The van der Waals surface area contributed by atoms with Crippen LogP contribution in [-0.2, 0) is 6.54 Å². The first-order valence-corrected chi connectivity index (χ1v) is 9.85.